The normalized spacial score (nSPS) is 23.5. The SMILES string of the molecule is CCN1CCN(C(=O)CN2C(=O)C3CCCCN3c3ccc(C(=O)N4CCCC4)cc32)CC1. The molecular weight excluding hydrogens is 418 g/mol. The minimum atomic E-state index is -0.212. The standard InChI is InChI=1S/C25H35N5O3/c1-2-26-13-15-27(16-14-26)23(31)18-30-22-17-19(24(32)28-10-5-6-11-28)8-9-20(22)29-12-4-3-7-21(29)25(30)33/h8-9,17,21H,2-7,10-16,18H2,1H3. The number of hydrogen-bond donors (Lipinski definition) is 0. The van der Waals surface area contributed by atoms with Crippen molar-refractivity contribution >= 4 is 29.1 Å². The highest BCUT2D eigenvalue weighted by molar-refractivity contribution is 6.09. The third kappa shape index (κ3) is 4.21. The molecule has 4 heterocycles. The fraction of sp³-hybridized carbons (Fsp3) is 0.640. The van der Waals surface area contributed by atoms with Crippen LogP contribution in [0.1, 0.15) is 49.4 Å². The van der Waals surface area contributed by atoms with Gasteiger partial charge in [0.2, 0.25) is 11.8 Å². The molecule has 0 bridgehead atoms. The van der Waals surface area contributed by atoms with Crippen LogP contribution in [-0.2, 0) is 9.59 Å². The van der Waals surface area contributed by atoms with E-state index >= 15 is 0 Å². The summed E-state index contributed by atoms with van der Waals surface area (Å²) in [5.74, 6) is 0.00424. The van der Waals surface area contributed by atoms with E-state index in [0.29, 0.717) is 24.3 Å². The maximum atomic E-state index is 13.6. The van der Waals surface area contributed by atoms with Crippen molar-refractivity contribution in [3.8, 4) is 0 Å². The van der Waals surface area contributed by atoms with Gasteiger partial charge in [0, 0.05) is 51.4 Å². The third-order valence-electron chi connectivity index (χ3n) is 7.74. The van der Waals surface area contributed by atoms with Gasteiger partial charge in [-0.1, -0.05) is 6.92 Å². The highest BCUT2D eigenvalue weighted by atomic mass is 16.2. The number of anilines is 2. The number of carbonyl (C=O) groups excluding carboxylic acids is 3. The van der Waals surface area contributed by atoms with E-state index in [9.17, 15) is 14.4 Å². The largest absolute Gasteiger partial charge is 0.358 e. The number of likely N-dealkylation sites (tertiary alicyclic amines) is 1. The molecule has 4 aliphatic heterocycles. The van der Waals surface area contributed by atoms with E-state index in [1.807, 2.05) is 28.0 Å². The van der Waals surface area contributed by atoms with Crippen LogP contribution < -0.4 is 9.80 Å². The fourth-order valence-corrected chi connectivity index (χ4v) is 5.71. The van der Waals surface area contributed by atoms with E-state index in [1.165, 1.54) is 0 Å². The van der Waals surface area contributed by atoms with E-state index < -0.39 is 0 Å². The van der Waals surface area contributed by atoms with Gasteiger partial charge in [0.1, 0.15) is 12.6 Å². The molecule has 3 fully saturated rings. The minimum Gasteiger partial charge on any atom is -0.358 e. The molecule has 1 aromatic rings. The van der Waals surface area contributed by atoms with Crippen LogP contribution in [0.25, 0.3) is 0 Å². The Balaban J connectivity index is 1.43. The summed E-state index contributed by atoms with van der Waals surface area (Å²) in [6, 6.07) is 5.52. The molecule has 1 unspecified atom stereocenters. The Labute approximate surface area is 196 Å². The van der Waals surface area contributed by atoms with Crippen molar-refractivity contribution in [1.29, 1.82) is 0 Å². The molecule has 1 aromatic carbocycles. The first-order valence-electron chi connectivity index (χ1n) is 12.6. The van der Waals surface area contributed by atoms with Gasteiger partial charge >= 0.3 is 0 Å². The smallest absolute Gasteiger partial charge is 0.253 e. The fourth-order valence-electron chi connectivity index (χ4n) is 5.71. The lowest BCUT2D eigenvalue weighted by molar-refractivity contribution is -0.133. The minimum absolute atomic E-state index is 0.00600. The number of piperazine rings is 1. The summed E-state index contributed by atoms with van der Waals surface area (Å²) in [6.07, 6.45) is 4.96. The Morgan fingerprint density at radius 1 is 0.879 bits per heavy atom. The molecule has 0 spiro atoms. The van der Waals surface area contributed by atoms with Crippen LogP contribution >= 0.6 is 0 Å². The average Bonchev–Trinajstić information content (AvgIpc) is 3.41. The summed E-state index contributed by atoms with van der Waals surface area (Å²) < 4.78 is 0. The zero-order chi connectivity index (χ0) is 22.9. The van der Waals surface area contributed by atoms with Gasteiger partial charge in [-0.15, -0.1) is 0 Å². The highest BCUT2D eigenvalue weighted by Crippen LogP contribution is 2.40. The molecule has 0 radical (unpaired) electrons. The molecule has 3 amide bonds. The van der Waals surface area contributed by atoms with E-state index in [-0.39, 0.29) is 30.3 Å². The summed E-state index contributed by atoms with van der Waals surface area (Å²) in [5, 5.41) is 0. The zero-order valence-electron chi connectivity index (χ0n) is 19.7. The molecule has 3 saturated heterocycles. The molecule has 0 aliphatic carbocycles. The molecule has 5 rings (SSSR count). The van der Waals surface area contributed by atoms with Crippen LogP contribution in [0.4, 0.5) is 11.4 Å². The number of nitrogens with zero attached hydrogens (tertiary/aromatic N) is 5. The molecule has 8 nitrogen and oxygen atoms in total. The lowest BCUT2D eigenvalue weighted by Crippen LogP contribution is -2.58. The summed E-state index contributed by atoms with van der Waals surface area (Å²) in [7, 11) is 0. The first-order valence-corrected chi connectivity index (χ1v) is 12.6. The highest BCUT2D eigenvalue weighted by Gasteiger charge is 2.41. The van der Waals surface area contributed by atoms with Crippen molar-refractivity contribution in [2.45, 2.75) is 45.1 Å². The molecule has 0 saturated carbocycles. The van der Waals surface area contributed by atoms with Crippen LogP contribution in [-0.4, -0.2) is 97.4 Å². The number of carbonyl (C=O) groups is 3. The summed E-state index contributed by atoms with van der Waals surface area (Å²) in [6.45, 7) is 8.73. The first-order chi connectivity index (χ1) is 16.1. The molecule has 1 atom stereocenters. The van der Waals surface area contributed by atoms with Crippen molar-refractivity contribution in [3.63, 3.8) is 0 Å². The summed E-state index contributed by atoms with van der Waals surface area (Å²) >= 11 is 0. The van der Waals surface area contributed by atoms with Crippen LogP contribution in [0.3, 0.4) is 0 Å². The predicted molar refractivity (Wildman–Crippen MR) is 128 cm³/mol. The van der Waals surface area contributed by atoms with Gasteiger partial charge in [-0.2, -0.15) is 0 Å². The van der Waals surface area contributed by atoms with Crippen molar-refractivity contribution in [1.82, 2.24) is 14.7 Å². The van der Waals surface area contributed by atoms with Crippen LogP contribution in [0, 0.1) is 0 Å². The van der Waals surface area contributed by atoms with Gasteiger partial charge < -0.3 is 19.6 Å². The molecule has 8 heteroatoms. The Bertz CT molecular complexity index is 921. The van der Waals surface area contributed by atoms with Crippen LogP contribution in [0.5, 0.6) is 0 Å². The van der Waals surface area contributed by atoms with Crippen molar-refractivity contribution < 1.29 is 14.4 Å². The quantitative estimate of drug-likeness (QED) is 0.696. The Morgan fingerprint density at radius 2 is 1.61 bits per heavy atom. The first kappa shape index (κ1) is 22.2. The Kier molecular flexibility index (Phi) is 6.27. The van der Waals surface area contributed by atoms with E-state index in [2.05, 4.69) is 16.7 Å². The van der Waals surface area contributed by atoms with Gasteiger partial charge in [0.05, 0.1) is 11.4 Å². The van der Waals surface area contributed by atoms with E-state index in [1.54, 1.807) is 4.90 Å². The number of amides is 3. The van der Waals surface area contributed by atoms with Gasteiger partial charge in [0.25, 0.3) is 5.91 Å². The summed E-state index contributed by atoms with van der Waals surface area (Å²) in [4.78, 5) is 49.8. The van der Waals surface area contributed by atoms with E-state index in [0.717, 1.165) is 77.1 Å². The molecular formula is C25H35N5O3. The van der Waals surface area contributed by atoms with Gasteiger partial charge in [0.15, 0.2) is 0 Å². The lowest BCUT2D eigenvalue weighted by Gasteiger charge is -2.45. The number of fused-ring (bicyclic) bond motifs is 3. The van der Waals surface area contributed by atoms with Gasteiger partial charge in [-0.05, 0) is 56.8 Å². The second kappa shape index (κ2) is 9.33. The molecule has 4 aliphatic rings. The van der Waals surface area contributed by atoms with Crippen LogP contribution in [0.2, 0.25) is 0 Å². The second-order valence-electron chi connectivity index (χ2n) is 9.65. The number of rotatable bonds is 4. The number of piperidine rings is 1. The van der Waals surface area contributed by atoms with Crippen molar-refractivity contribution in [2.24, 2.45) is 0 Å². The molecule has 0 aromatic heterocycles. The summed E-state index contributed by atoms with van der Waals surface area (Å²) in [5.41, 5.74) is 2.29. The van der Waals surface area contributed by atoms with Crippen LogP contribution in [0.15, 0.2) is 18.2 Å². The maximum absolute atomic E-state index is 13.6. The second-order valence-corrected chi connectivity index (χ2v) is 9.65. The zero-order valence-corrected chi connectivity index (χ0v) is 19.7. The number of benzene rings is 1. The molecule has 33 heavy (non-hydrogen) atoms. The third-order valence-corrected chi connectivity index (χ3v) is 7.74. The van der Waals surface area contributed by atoms with E-state index in [4.69, 9.17) is 0 Å². The van der Waals surface area contributed by atoms with Crippen molar-refractivity contribution in [3.05, 3.63) is 23.8 Å². The Morgan fingerprint density at radius 3 is 2.33 bits per heavy atom. The van der Waals surface area contributed by atoms with Gasteiger partial charge in [-0.3, -0.25) is 19.3 Å². The lowest BCUT2D eigenvalue weighted by atomic mass is 9.95. The monoisotopic (exact) mass is 453 g/mol. The topological polar surface area (TPSA) is 67.4 Å². The Hall–Kier alpha value is -2.61. The molecule has 178 valence electrons. The van der Waals surface area contributed by atoms with Gasteiger partial charge in [-0.25, -0.2) is 0 Å². The average molecular weight is 454 g/mol. The molecule has 0 N–H and O–H groups in total. The maximum Gasteiger partial charge on any atom is 0.253 e. The number of hydrogen-bond acceptors (Lipinski definition) is 5. The van der Waals surface area contributed by atoms with Crippen molar-refractivity contribution in [2.75, 3.05) is 68.7 Å². The number of likely N-dealkylation sites (N-methyl/N-ethyl adjacent to an activating group) is 1. The predicted octanol–water partition coefficient (Wildman–Crippen LogP) is 1.79.